The van der Waals surface area contributed by atoms with Gasteiger partial charge in [-0.1, -0.05) is 17.4 Å². The van der Waals surface area contributed by atoms with Crippen LogP contribution in [0.3, 0.4) is 0 Å². The predicted octanol–water partition coefficient (Wildman–Crippen LogP) is 2.93. The van der Waals surface area contributed by atoms with E-state index in [0.29, 0.717) is 0 Å². The Morgan fingerprint density at radius 3 is 3.00 bits per heavy atom. The second kappa shape index (κ2) is 5.16. The Balaban J connectivity index is 2.07. The van der Waals surface area contributed by atoms with Crippen LogP contribution in [0.1, 0.15) is 16.5 Å². The van der Waals surface area contributed by atoms with Crippen LogP contribution in [0.15, 0.2) is 33.0 Å². The van der Waals surface area contributed by atoms with Crippen molar-refractivity contribution in [1.82, 2.24) is 9.97 Å². The lowest BCUT2D eigenvalue weighted by molar-refractivity contribution is 0.280. The van der Waals surface area contributed by atoms with Crippen LogP contribution in [0.25, 0.3) is 10.2 Å². The van der Waals surface area contributed by atoms with Gasteiger partial charge in [-0.2, -0.15) is 0 Å². The van der Waals surface area contributed by atoms with Gasteiger partial charge in [0.1, 0.15) is 9.61 Å². The molecule has 0 fully saturated rings. The van der Waals surface area contributed by atoms with Crippen molar-refractivity contribution in [1.29, 1.82) is 0 Å². The van der Waals surface area contributed by atoms with Crippen LogP contribution in [0.2, 0.25) is 0 Å². The monoisotopic (exact) mass is 356 g/mol. The molecule has 2 aromatic heterocycles. The molecule has 0 amide bonds. The number of hydrogen-bond acceptors (Lipinski definition) is 5. The number of nitrogens with one attached hydrogen (secondary N) is 1. The first-order chi connectivity index (χ1) is 9.17. The maximum Gasteiger partial charge on any atom is 0.305 e. The predicted molar refractivity (Wildman–Crippen MR) is 81.2 cm³/mol. The first kappa shape index (κ1) is 13.0. The largest absolute Gasteiger partial charge is 0.395 e. The average Bonchev–Trinajstić information content (AvgIpc) is 2.95. The minimum Gasteiger partial charge on any atom is -0.395 e. The Kier molecular flexibility index (Phi) is 3.53. The van der Waals surface area contributed by atoms with Crippen molar-refractivity contribution in [3.05, 3.63) is 48.4 Å². The smallest absolute Gasteiger partial charge is 0.305 e. The Labute approximate surface area is 124 Å². The molecule has 0 aliphatic carbocycles. The van der Waals surface area contributed by atoms with E-state index < -0.39 is 0 Å². The number of halogens is 1. The molecule has 0 aliphatic rings. The Bertz CT molecular complexity index is 777. The highest BCUT2D eigenvalue weighted by Gasteiger charge is 2.17. The Hall–Kier alpha value is -1.02. The molecule has 4 nitrogen and oxygen atoms in total. The van der Waals surface area contributed by atoms with Crippen molar-refractivity contribution >= 4 is 48.8 Å². The number of nitrogens with zero attached hydrogens (tertiary/aromatic N) is 1. The average molecular weight is 357 g/mol. The zero-order chi connectivity index (χ0) is 13.4. The molecule has 3 aromatic rings. The fourth-order valence-electron chi connectivity index (χ4n) is 1.93. The molecule has 19 heavy (non-hydrogen) atoms. The summed E-state index contributed by atoms with van der Waals surface area (Å²) in [4.78, 5) is 18.4. The van der Waals surface area contributed by atoms with E-state index in [-0.39, 0.29) is 17.4 Å². The number of aromatic nitrogens is 2. The second-order valence-electron chi connectivity index (χ2n) is 4.01. The number of fused-ring (bicyclic) bond motifs is 1. The molecule has 0 aliphatic heterocycles. The number of H-pyrrole nitrogens is 1. The summed E-state index contributed by atoms with van der Waals surface area (Å²) in [6.07, 6.45) is 0. The van der Waals surface area contributed by atoms with Gasteiger partial charge in [0.15, 0.2) is 0 Å². The van der Waals surface area contributed by atoms with E-state index >= 15 is 0 Å². The number of rotatable bonds is 3. The summed E-state index contributed by atoms with van der Waals surface area (Å²) in [5, 5.41) is 12.4. The third-order valence-corrected chi connectivity index (χ3v) is 5.33. The summed E-state index contributed by atoms with van der Waals surface area (Å²) < 4.78 is 1.68. The molecular weight excluding hydrogens is 348 g/mol. The second-order valence-corrected chi connectivity index (χ2v) is 6.73. The Morgan fingerprint density at radius 1 is 1.47 bits per heavy atom. The Morgan fingerprint density at radius 2 is 2.32 bits per heavy atom. The third kappa shape index (κ3) is 2.51. The number of aliphatic hydroxyl groups is 1. The van der Waals surface area contributed by atoms with E-state index in [9.17, 15) is 9.90 Å². The van der Waals surface area contributed by atoms with E-state index in [1.807, 2.05) is 23.6 Å². The van der Waals surface area contributed by atoms with Crippen LogP contribution in [-0.2, 0) is 0 Å². The fraction of sp³-hybridized carbons (Fsp3) is 0.167. The molecular formula is C12H9BrN2O2S2. The fourth-order valence-corrected chi connectivity index (χ4v) is 4.10. The van der Waals surface area contributed by atoms with Gasteiger partial charge in [0.2, 0.25) is 0 Å². The van der Waals surface area contributed by atoms with E-state index in [1.54, 1.807) is 0 Å². The van der Waals surface area contributed by atoms with Gasteiger partial charge >= 0.3 is 4.87 Å². The van der Waals surface area contributed by atoms with Gasteiger partial charge in [-0.25, -0.2) is 4.98 Å². The minimum absolute atomic E-state index is 0.00915. The summed E-state index contributed by atoms with van der Waals surface area (Å²) in [5.74, 6) is -0.155. The van der Waals surface area contributed by atoms with Gasteiger partial charge in [0, 0.05) is 5.38 Å². The van der Waals surface area contributed by atoms with Crippen molar-refractivity contribution in [2.75, 3.05) is 6.61 Å². The minimum atomic E-state index is -0.155. The molecule has 0 radical (unpaired) electrons. The van der Waals surface area contributed by atoms with Gasteiger partial charge in [-0.15, -0.1) is 11.3 Å². The molecule has 2 N–H and O–H groups in total. The molecule has 1 aromatic carbocycles. The van der Waals surface area contributed by atoms with E-state index in [0.717, 1.165) is 25.4 Å². The van der Waals surface area contributed by atoms with E-state index in [4.69, 9.17) is 0 Å². The first-order valence-corrected chi connectivity index (χ1v) is 8.01. The highest BCUT2D eigenvalue weighted by atomic mass is 79.9. The molecule has 1 atom stereocenters. The molecule has 7 heteroatoms. The molecule has 98 valence electrons. The van der Waals surface area contributed by atoms with E-state index in [2.05, 4.69) is 25.9 Å². The van der Waals surface area contributed by atoms with Crippen LogP contribution >= 0.6 is 38.6 Å². The number of benzene rings is 1. The quantitative estimate of drug-likeness (QED) is 0.758. The molecule has 1 unspecified atom stereocenters. The van der Waals surface area contributed by atoms with Crippen LogP contribution in [0, 0.1) is 0 Å². The maximum absolute atomic E-state index is 11.3. The lowest BCUT2D eigenvalue weighted by Gasteiger charge is -2.11. The summed E-state index contributed by atoms with van der Waals surface area (Å²) in [6.45, 7) is -0.00915. The van der Waals surface area contributed by atoms with Crippen molar-refractivity contribution < 1.29 is 5.11 Å². The first-order valence-electron chi connectivity index (χ1n) is 5.52. The van der Waals surface area contributed by atoms with Crippen molar-refractivity contribution in [2.24, 2.45) is 0 Å². The number of aliphatic hydroxyl groups excluding tert-OH is 1. The molecule has 0 spiro atoms. The van der Waals surface area contributed by atoms with Crippen LogP contribution in [-0.4, -0.2) is 21.7 Å². The van der Waals surface area contributed by atoms with Gasteiger partial charge < -0.3 is 10.1 Å². The topological polar surface area (TPSA) is 66.0 Å². The van der Waals surface area contributed by atoms with Gasteiger partial charge in [0.25, 0.3) is 0 Å². The van der Waals surface area contributed by atoms with Crippen LogP contribution < -0.4 is 4.87 Å². The van der Waals surface area contributed by atoms with E-state index in [1.165, 1.54) is 22.7 Å². The molecule has 0 saturated carbocycles. The van der Waals surface area contributed by atoms with Crippen LogP contribution in [0.5, 0.6) is 0 Å². The number of hydrogen-bond donors (Lipinski definition) is 2. The molecule has 3 rings (SSSR count). The van der Waals surface area contributed by atoms with Gasteiger partial charge in [0.05, 0.1) is 22.7 Å². The standard InChI is InChI=1S/C12H9BrN2O2S2/c13-10-5-18-11(15-10)7(4-16)6-1-2-8-9(3-6)19-12(17)14-8/h1-3,5,7,16H,4H2,(H,14,17). The van der Waals surface area contributed by atoms with Gasteiger partial charge in [-0.05, 0) is 33.6 Å². The normalized spacial score (nSPS) is 12.9. The summed E-state index contributed by atoms with van der Waals surface area (Å²) >= 11 is 6.00. The zero-order valence-electron chi connectivity index (χ0n) is 9.59. The highest BCUT2D eigenvalue weighted by Crippen LogP contribution is 2.30. The van der Waals surface area contributed by atoms with Gasteiger partial charge in [-0.3, -0.25) is 4.79 Å². The lowest BCUT2D eigenvalue weighted by atomic mass is 10.0. The number of thiazole rings is 2. The molecule has 0 bridgehead atoms. The highest BCUT2D eigenvalue weighted by molar-refractivity contribution is 9.10. The van der Waals surface area contributed by atoms with Crippen molar-refractivity contribution in [3.63, 3.8) is 0 Å². The number of aromatic amines is 1. The third-order valence-electron chi connectivity index (χ3n) is 2.82. The molecule has 2 heterocycles. The maximum atomic E-state index is 11.3. The summed E-state index contributed by atoms with van der Waals surface area (Å²) in [7, 11) is 0. The van der Waals surface area contributed by atoms with Crippen LogP contribution in [0.4, 0.5) is 0 Å². The SMILES string of the molecule is O=c1[nH]c2ccc(C(CO)c3nc(Br)cs3)cc2s1. The van der Waals surface area contributed by atoms with Crippen molar-refractivity contribution in [3.8, 4) is 0 Å². The molecule has 0 saturated heterocycles. The zero-order valence-corrected chi connectivity index (χ0v) is 12.8. The van der Waals surface area contributed by atoms with Crippen molar-refractivity contribution in [2.45, 2.75) is 5.92 Å². The summed E-state index contributed by atoms with van der Waals surface area (Å²) in [5.41, 5.74) is 1.79. The summed E-state index contributed by atoms with van der Waals surface area (Å²) in [6, 6.07) is 5.73. The lowest BCUT2D eigenvalue weighted by Crippen LogP contribution is -2.05.